The van der Waals surface area contributed by atoms with E-state index in [1.807, 2.05) is 0 Å². The lowest BCUT2D eigenvalue weighted by molar-refractivity contribution is -0.149. The van der Waals surface area contributed by atoms with Gasteiger partial charge < -0.3 is 15.2 Å². The summed E-state index contributed by atoms with van der Waals surface area (Å²) in [5, 5.41) is 4.33. The number of carbonyl (C=O) groups excluding carboxylic acids is 2. The molecule has 0 radical (unpaired) electrons. The van der Waals surface area contributed by atoms with Crippen LogP contribution >= 0.6 is 11.3 Å². The Balaban J connectivity index is 1.35. The third-order valence-corrected chi connectivity index (χ3v) is 7.22. The molecule has 0 bridgehead atoms. The van der Waals surface area contributed by atoms with E-state index in [1.54, 1.807) is 0 Å². The molecule has 2 amide bonds. The van der Waals surface area contributed by atoms with Crippen molar-refractivity contribution in [3.05, 3.63) is 75.5 Å². The van der Waals surface area contributed by atoms with Crippen LogP contribution in [-0.2, 0) is 6.18 Å². The van der Waals surface area contributed by atoms with Crippen molar-refractivity contribution in [1.82, 2.24) is 20.2 Å². The Kier molecular flexibility index (Phi) is 7.62. The van der Waals surface area contributed by atoms with Crippen molar-refractivity contribution < 1.29 is 35.9 Å². The number of rotatable bonds is 6. The van der Waals surface area contributed by atoms with Gasteiger partial charge in [0.2, 0.25) is 0 Å². The summed E-state index contributed by atoms with van der Waals surface area (Å²) < 4.78 is 80.0. The van der Waals surface area contributed by atoms with E-state index >= 15 is 0 Å². The number of H-pyrrole nitrogens is 1. The van der Waals surface area contributed by atoms with Gasteiger partial charge in [-0.3, -0.25) is 9.59 Å². The van der Waals surface area contributed by atoms with Crippen LogP contribution in [0.25, 0.3) is 0 Å². The van der Waals surface area contributed by atoms with Gasteiger partial charge in [-0.1, -0.05) is 12.1 Å². The number of halogens is 6. The van der Waals surface area contributed by atoms with Crippen LogP contribution in [0.4, 0.5) is 26.3 Å². The molecular formula is C24H22F6N4O2S. The van der Waals surface area contributed by atoms with E-state index in [4.69, 9.17) is 0 Å². The van der Waals surface area contributed by atoms with Gasteiger partial charge in [0.1, 0.15) is 11.6 Å². The minimum Gasteiger partial charge on any atom is -0.364 e. The number of aromatic nitrogens is 2. The molecule has 1 aliphatic heterocycles. The Morgan fingerprint density at radius 3 is 2.41 bits per heavy atom. The fourth-order valence-electron chi connectivity index (χ4n) is 4.24. The second kappa shape index (κ2) is 10.6. The first-order chi connectivity index (χ1) is 17.4. The topological polar surface area (TPSA) is 78.1 Å². The molecule has 13 heteroatoms. The number of aromatic amines is 1. The Hall–Kier alpha value is -3.35. The molecule has 198 valence electrons. The van der Waals surface area contributed by atoms with Gasteiger partial charge >= 0.3 is 12.4 Å². The molecule has 2 N–H and O–H groups in total. The first kappa shape index (κ1) is 26.7. The smallest absolute Gasteiger partial charge is 0.364 e. The molecular weight excluding hydrogens is 522 g/mol. The Morgan fingerprint density at radius 1 is 1.08 bits per heavy atom. The van der Waals surface area contributed by atoms with E-state index in [2.05, 4.69) is 15.3 Å². The lowest BCUT2D eigenvalue weighted by Crippen LogP contribution is -2.38. The predicted octanol–water partition coefficient (Wildman–Crippen LogP) is 5.59. The van der Waals surface area contributed by atoms with Crippen LogP contribution in [0.1, 0.15) is 61.8 Å². The minimum absolute atomic E-state index is 0.00924. The number of nitrogens with one attached hydrogen (secondary N) is 2. The lowest BCUT2D eigenvalue weighted by Gasteiger charge is -2.31. The zero-order chi connectivity index (χ0) is 26.8. The summed E-state index contributed by atoms with van der Waals surface area (Å²) in [6, 6.07) is 7.37. The molecule has 0 aliphatic carbocycles. The number of hydrogen-bond acceptors (Lipinski definition) is 4. The van der Waals surface area contributed by atoms with Gasteiger partial charge in [-0.25, -0.2) is 4.98 Å². The van der Waals surface area contributed by atoms with Crippen molar-refractivity contribution in [3.8, 4) is 0 Å². The Labute approximate surface area is 211 Å². The number of benzene rings is 1. The van der Waals surface area contributed by atoms with E-state index in [0.29, 0.717) is 17.8 Å². The SMILES string of the molecule is O=C(NCC(c1ccc[nH]1)C(F)(F)F)c1csc(C2CCN(C(=O)c3ccccc3C(F)(F)F)CC2)n1. The molecule has 1 aromatic carbocycles. The van der Waals surface area contributed by atoms with Crippen LogP contribution in [0.2, 0.25) is 0 Å². The summed E-state index contributed by atoms with van der Waals surface area (Å²) >= 11 is 1.18. The number of alkyl halides is 6. The Bertz CT molecular complexity index is 1230. The molecule has 0 spiro atoms. The molecule has 3 heterocycles. The summed E-state index contributed by atoms with van der Waals surface area (Å²) in [6.45, 7) is -0.240. The molecule has 0 saturated carbocycles. The number of likely N-dealkylation sites (tertiary alicyclic amines) is 1. The average Bonchev–Trinajstić information content (AvgIpc) is 3.55. The Morgan fingerprint density at radius 2 is 1.78 bits per heavy atom. The third kappa shape index (κ3) is 6.14. The van der Waals surface area contributed by atoms with Crippen LogP contribution < -0.4 is 5.32 Å². The number of piperidine rings is 1. The number of nitrogens with zero attached hydrogens (tertiary/aromatic N) is 2. The molecule has 37 heavy (non-hydrogen) atoms. The molecule has 1 aliphatic rings. The summed E-state index contributed by atoms with van der Waals surface area (Å²) in [5.41, 5.74) is -1.46. The standard InChI is InChI=1S/C24H22F6N4O2S/c25-23(26,27)16-5-2-1-4-15(16)22(36)34-10-7-14(8-11-34)21-33-19(13-37-21)20(35)32-12-17(24(28,29)30)18-6-3-9-31-18/h1-6,9,13-14,17,31H,7-8,10-12H2,(H,32,35). The second-order valence-electron chi connectivity index (χ2n) is 8.61. The highest BCUT2D eigenvalue weighted by Crippen LogP contribution is 2.35. The first-order valence-electron chi connectivity index (χ1n) is 11.3. The van der Waals surface area contributed by atoms with Gasteiger partial charge in [0.15, 0.2) is 0 Å². The van der Waals surface area contributed by atoms with Crippen molar-refractivity contribution in [2.75, 3.05) is 19.6 Å². The number of amides is 2. The summed E-state index contributed by atoms with van der Waals surface area (Å²) in [6.07, 6.45) is -6.98. The third-order valence-electron chi connectivity index (χ3n) is 6.21. The molecule has 3 aromatic rings. The molecule has 1 fully saturated rings. The maximum Gasteiger partial charge on any atom is 0.417 e. The number of hydrogen-bond donors (Lipinski definition) is 2. The maximum absolute atomic E-state index is 13.4. The minimum atomic E-state index is -4.65. The monoisotopic (exact) mass is 544 g/mol. The fourth-order valence-corrected chi connectivity index (χ4v) is 5.22. The van der Waals surface area contributed by atoms with Gasteiger partial charge in [-0.2, -0.15) is 26.3 Å². The molecule has 1 unspecified atom stereocenters. The van der Waals surface area contributed by atoms with Gasteiger partial charge in [0, 0.05) is 42.8 Å². The first-order valence-corrected chi connectivity index (χ1v) is 12.2. The second-order valence-corrected chi connectivity index (χ2v) is 9.50. The number of carbonyl (C=O) groups is 2. The summed E-state index contributed by atoms with van der Waals surface area (Å²) in [5.74, 6) is -3.46. The molecule has 6 nitrogen and oxygen atoms in total. The van der Waals surface area contributed by atoms with E-state index < -0.39 is 47.8 Å². The van der Waals surface area contributed by atoms with E-state index in [1.165, 1.54) is 52.1 Å². The lowest BCUT2D eigenvalue weighted by atomic mass is 9.96. The fraction of sp³-hybridized carbons (Fsp3) is 0.375. The quantitative estimate of drug-likeness (QED) is 0.398. The van der Waals surface area contributed by atoms with Crippen molar-refractivity contribution in [2.24, 2.45) is 0 Å². The molecule has 1 saturated heterocycles. The highest BCUT2D eigenvalue weighted by Gasteiger charge is 2.41. The van der Waals surface area contributed by atoms with Crippen molar-refractivity contribution in [3.63, 3.8) is 0 Å². The zero-order valence-electron chi connectivity index (χ0n) is 19.2. The van der Waals surface area contributed by atoms with Crippen LogP contribution in [0.15, 0.2) is 48.0 Å². The van der Waals surface area contributed by atoms with Crippen molar-refractivity contribution >= 4 is 23.2 Å². The largest absolute Gasteiger partial charge is 0.417 e. The molecule has 2 aromatic heterocycles. The van der Waals surface area contributed by atoms with E-state index in [-0.39, 0.29) is 30.4 Å². The summed E-state index contributed by atoms with van der Waals surface area (Å²) in [7, 11) is 0. The van der Waals surface area contributed by atoms with Gasteiger partial charge in [0.05, 0.1) is 16.1 Å². The zero-order valence-corrected chi connectivity index (χ0v) is 20.0. The average molecular weight is 545 g/mol. The van der Waals surface area contributed by atoms with Crippen molar-refractivity contribution in [2.45, 2.75) is 37.0 Å². The molecule has 1 atom stereocenters. The highest BCUT2D eigenvalue weighted by atomic mass is 32.1. The maximum atomic E-state index is 13.4. The van der Waals surface area contributed by atoms with E-state index in [0.717, 1.165) is 12.1 Å². The summed E-state index contributed by atoms with van der Waals surface area (Å²) in [4.78, 5) is 33.4. The van der Waals surface area contributed by atoms with Gasteiger partial charge in [-0.15, -0.1) is 11.3 Å². The predicted molar refractivity (Wildman–Crippen MR) is 123 cm³/mol. The van der Waals surface area contributed by atoms with Crippen LogP contribution in [-0.4, -0.2) is 52.5 Å². The van der Waals surface area contributed by atoms with E-state index in [9.17, 15) is 35.9 Å². The van der Waals surface area contributed by atoms with Gasteiger partial charge in [-0.05, 0) is 37.1 Å². The van der Waals surface area contributed by atoms with Gasteiger partial charge in [0.25, 0.3) is 11.8 Å². The van der Waals surface area contributed by atoms with Crippen molar-refractivity contribution in [1.29, 1.82) is 0 Å². The highest BCUT2D eigenvalue weighted by molar-refractivity contribution is 7.09. The normalized spacial score (nSPS) is 16.0. The molecule has 4 rings (SSSR count). The van der Waals surface area contributed by atoms with Crippen LogP contribution in [0.5, 0.6) is 0 Å². The van der Waals surface area contributed by atoms with Crippen LogP contribution in [0.3, 0.4) is 0 Å². The number of thiazole rings is 1. The van der Waals surface area contributed by atoms with Crippen LogP contribution in [0, 0.1) is 0 Å².